The highest BCUT2D eigenvalue weighted by Crippen LogP contribution is 2.31. The van der Waals surface area contributed by atoms with Gasteiger partial charge in [0.2, 0.25) is 0 Å². The Bertz CT molecular complexity index is 312. The molecule has 0 aliphatic carbocycles. The fourth-order valence-corrected chi connectivity index (χ4v) is 3.44. The van der Waals surface area contributed by atoms with Crippen LogP contribution in [0.5, 0.6) is 0 Å². The Hall–Kier alpha value is -0.470. The molecule has 16 heavy (non-hydrogen) atoms. The molecule has 2 heteroatoms. The van der Waals surface area contributed by atoms with Crippen LogP contribution in [0.15, 0.2) is 24.3 Å². The zero-order valence-corrected chi connectivity index (χ0v) is 10.8. The molecule has 0 spiro atoms. The summed E-state index contributed by atoms with van der Waals surface area (Å²) in [5.74, 6) is 3.45. The maximum atomic E-state index is 5.80. The van der Waals surface area contributed by atoms with E-state index in [1.54, 1.807) is 0 Å². The minimum absolute atomic E-state index is 0.261. The van der Waals surface area contributed by atoms with Gasteiger partial charge in [0.1, 0.15) is 0 Å². The molecule has 1 atom stereocenters. The summed E-state index contributed by atoms with van der Waals surface area (Å²) in [6, 6.07) is 9.37. The molecule has 1 aliphatic rings. The van der Waals surface area contributed by atoms with Crippen molar-refractivity contribution in [1.29, 1.82) is 0 Å². The Balaban J connectivity index is 2.00. The Kier molecular flexibility index (Phi) is 4.30. The Morgan fingerprint density at radius 1 is 1.25 bits per heavy atom. The van der Waals surface area contributed by atoms with Crippen LogP contribution in [-0.4, -0.2) is 17.5 Å². The quantitative estimate of drug-likeness (QED) is 0.870. The average molecular weight is 235 g/mol. The summed E-state index contributed by atoms with van der Waals surface area (Å²) >= 11 is 2.09. The zero-order chi connectivity index (χ0) is 11.4. The molecule has 1 aromatic rings. The lowest BCUT2D eigenvalue weighted by atomic mass is 9.92. The third-order valence-corrected chi connectivity index (χ3v) is 4.28. The lowest BCUT2D eigenvalue weighted by molar-refractivity contribution is 0.636. The molecule has 1 unspecified atom stereocenters. The van der Waals surface area contributed by atoms with Crippen LogP contribution in [0.25, 0.3) is 0 Å². The summed E-state index contributed by atoms with van der Waals surface area (Å²) in [7, 11) is 0. The number of benzene rings is 1. The van der Waals surface area contributed by atoms with Crippen LogP contribution in [0.3, 0.4) is 0 Å². The van der Waals surface area contributed by atoms with Crippen LogP contribution in [0.4, 0.5) is 0 Å². The minimum atomic E-state index is 0.261. The molecule has 2 N–H and O–H groups in total. The van der Waals surface area contributed by atoms with Crippen molar-refractivity contribution in [3.63, 3.8) is 0 Å². The van der Waals surface area contributed by atoms with E-state index in [9.17, 15) is 0 Å². The summed E-state index contributed by atoms with van der Waals surface area (Å²) in [5.41, 5.74) is 8.69. The SMILES string of the molecule is CC(N)Cc1ccc(C2CCSCC2)cc1. The second-order valence-corrected chi connectivity index (χ2v) is 6.03. The van der Waals surface area contributed by atoms with Gasteiger partial charge in [0.05, 0.1) is 0 Å². The predicted molar refractivity (Wildman–Crippen MR) is 73.1 cm³/mol. The Morgan fingerprint density at radius 3 is 2.44 bits per heavy atom. The van der Waals surface area contributed by atoms with E-state index in [0.29, 0.717) is 0 Å². The van der Waals surface area contributed by atoms with Crippen molar-refractivity contribution in [1.82, 2.24) is 0 Å². The lowest BCUT2D eigenvalue weighted by Crippen LogP contribution is -2.17. The van der Waals surface area contributed by atoms with Crippen molar-refractivity contribution >= 4 is 11.8 Å². The van der Waals surface area contributed by atoms with Crippen molar-refractivity contribution < 1.29 is 0 Å². The summed E-state index contributed by atoms with van der Waals surface area (Å²) in [4.78, 5) is 0. The molecule has 2 rings (SSSR count). The van der Waals surface area contributed by atoms with E-state index < -0.39 is 0 Å². The topological polar surface area (TPSA) is 26.0 Å². The molecule has 0 bridgehead atoms. The summed E-state index contributed by atoms with van der Waals surface area (Å²) in [5, 5.41) is 0. The van der Waals surface area contributed by atoms with Crippen LogP contribution < -0.4 is 5.73 Å². The first kappa shape index (κ1) is 12.0. The van der Waals surface area contributed by atoms with Gasteiger partial charge < -0.3 is 5.73 Å². The van der Waals surface area contributed by atoms with Gasteiger partial charge in [-0.25, -0.2) is 0 Å². The average Bonchev–Trinajstić information content (AvgIpc) is 2.30. The molecule has 0 saturated carbocycles. The van der Waals surface area contributed by atoms with Gasteiger partial charge in [0.25, 0.3) is 0 Å². The molecule has 1 nitrogen and oxygen atoms in total. The molecule has 1 aliphatic heterocycles. The van der Waals surface area contributed by atoms with Gasteiger partial charge in [-0.05, 0) is 54.7 Å². The Morgan fingerprint density at radius 2 is 1.88 bits per heavy atom. The standard InChI is InChI=1S/C14H21NS/c1-11(15)10-12-2-4-13(5-3-12)14-6-8-16-9-7-14/h2-5,11,14H,6-10,15H2,1H3. The number of hydrogen-bond donors (Lipinski definition) is 1. The third kappa shape index (κ3) is 3.26. The van der Waals surface area contributed by atoms with Crippen molar-refractivity contribution in [2.45, 2.75) is 38.1 Å². The maximum Gasteiger partial charge on any atom is 0.00509 e. The smallest absolute Gasteiger partial charge is 0.00509 e. The number of thioether (sulfide) groups is 1. The fourth-order valence-electron chi connectivity index (χ4n) is 2.33. The van der Waals surface area contributed by atoms with E-state index in [-0.39, 0.29) is 6.04 Å². The van der Waals surface area contributed by atoms with E-state index in [2.05, 4.69) is 43.0 Å². The van der Waals surface area contributed by atoms with Crippen molar-refractivity contribution in [2.75, 3.05) is 11.5 Å². The summed E-state index contributed by atoms with van der Waals surface area (Å²) < 4.78 is 0. The van der Waals surface area contributed by atoms with Crippen molar-refractivity contribution in [3.8, 4) is 0 Å². The van der Waals surface area contributed by atoms with Crippen LogP contribution in [-0.2, 0) is 6.42 Å². The van der Waals surface area contributed by atoms with Gasteiger partial charge in [-0.15, -0.1) is 0 Å². The number of nitrogens with two attached hydrogens (primary N) is 1. The summed E-state index contributed by atoms with van der Waals surface area (Å²) in [6.07, 6.45) is 3.68. The monoisotopic (exact) mass is 235 g/mol. The van der Waals surface area contributed by atoms with Gasteiger partial charge in [-0.2, -0.15) is 11.8 Å². The van der Waals surface area contributed by atoms with Gasteiger partial charge in [0, 0.05) is 6.04 Å². The minimum Gasteiger partial charge on any atom is -0.328 e. The highest BCUT2D eigenvalue weighted by molar-refractivity contribution is 7.99. The second-order valence-electron chi connectivity index (χ2n) is 4.81. The Labute approximate surface area is 103 Å². The van der Waals surface area contributed by atoms with Crippen LogP contribution in [0.1, 0.15) is 36.8 Å². The largest absolute Gasteiger partial charge is 0.328 e. The molecule has 1 fully saturated rings. The number of hydrogen-bond acceptors (Lipinski definition) is 2. The summed E-state index contributed by atoms with van der Waals surface area (Å²) in [6.45, 7) is 2.06. The van der Waals surface area contributed by atoms with E-state index in [4.69, 9.17) is 5.73 Å². The third-order valence-electron chi connectivity index (χ3n) is 3.23. The van der Waals surface area contributed by atoms with Crippen LogP contribution in [0, 0.1) is 0 Å². The first-order valence-electron chi connectivity index (χ1n) is 6.18. The van der Waals surface area contributed by atoms with E-state index in [1.807, 2.05) is 0 Å². The molecular weight excluding hydrogens is 214 g/mol. The van der Waals surface area contributed by atoms with E-state index in [1.165, 1.54) is 35.5 Å². The van der Waals surface area contributed by atoms with Gasteiger partial charge >= 0.3 is 0 Å². The van der Waals surface area contributed by atoms with E-state index >= 15 is 0 Å². The highest BCUT2D eigenvalue weighted by atomic mass is 32.2. The van der Waals surface area contributed by atoms with Crippen LogP contribution in [0.2, 0.25) is 0 Å². The molecular formula is C14H21NS. The first-order valence-corrected chi connectivity index (χ1v) is 7.33. The maximum absolute atomic E-state index is 5.80. The molecule has 1 aromatic carbocycles. The molecule has 1 saturated heterocycles. The van der Waals surface area contributed by atoms with E-state index in [0.717, 1.165) is 12.3 Å². The molecule has 1 heterocycles. The lowest BCUT2D eigenvalue weighted by Gasteiger charge is -2.21. The zero-order valence-electron chi connectivity index (χ0n) is 9.99. The highest BCUT2D eigenvalue weighted by Gasteiger charge is 2.15. The number of rotatable bonds is 3. The van der Waals surface area contributed by atoms with Crippen molar-refractivity contribution in [3.05, 3.63) is 35.4 Å². The first-order chi connectivity index (χ1) is 7.75. The predicted octanol–water partition coefficient (Wildman–Crippen LogP) is 3.19. The molecule has 0 aromatic heterocycles. The van der Waals surface area contributed by atoms with Gasteiger partial charge in [-0.3, -0.25) is 0 Å². The van der Waals surface area contributed by atoms with Gasteiger partial charge in [-0.1, -0.05) is 24.3 Å². The molecule has 88 valence electrons. The molecule has 0 amide bonds. The van der Waals surface area contributed by atoms with Crippen LogP contribution >= 0.6 is 11.8 Å². The van der Waals surface area contributed by atoms with Crippen molar-refractivity contribution in [2.24, 2.45) is 5.73 Å². The molecule has 0 radical (unpaired) electrons. The van der Waals surface area contributed by atoms with Gasteiger partial charge in [0.15, 0.2) is 0 Å². The fraction of sp³-hybridized carbons (Fsp3) is 0.571. The normalized spacial score (nSPS) is 19.6. The second kappa shape index (κ2) is 5.74.